The van der Waals surface area contributed by atoms with Gasteiger partial charge in [0, 0.05) is 3.42 Å². The molecule has 0 aromatic rings. The normalized spacial score (nSPS) is 28.3. The Morgan fingerprint density at radius 3 is 2.86 bits per heavy atom. The second-order valence-corrected chi connectivity index (χ2v) is 5.50. The first-order valence-electron chi connectivity index (χ1n) is 4.19. The van der Waals surface area contributed by atoms with E-state index in [0.717, 1.165) is 0 Å². The van der Waals surface area contributed by atoms with E-state index in [1.165, 1.54) is 0 Å². The fraction of sp³-hybridized carbons (Fsp3) is 0.444. The van der Waals surface area contributed by atoms with E-state index in [4.69, 9.17) is 15.9 Å². The van der Waals surface area contributed by atoms with Crippen LogP contribution in [0.2, 0.25) is 0 Å². The topological polar surface area (TPSA) is 83.5 Å². The van der Waals surface area contributed by atoms with Crippen LogP contribution in [-0.4, -0.2) is 25.6 Å². The summed E-state index contributed by atoms with van der Waals surface area (Å²) in [5.41, 5.74) is 5.45. The number of aliphatic hydroxyl groups is 1. The van der Waals surface area contributed by atoms with Crippen LogP contribution in [0, 0.1) is 0 Å². The van der Waals surface area contributed by atoms with Gasteiger partial charge in [-0.05, 0) is 25.0 Å². The number of allylic oxidation sites excluding steroid dienone is 3. The quantitative estimate of drug-likeness (QED) is 0.543. The predicted octanol–water partition coefficient (Wildman–Crippen LogP) is 1.36. The predicted molar refractivity (Wildman–Crippen MR) is 61.4 cm³/mol. The number of halogens is 1. The summed E-state index contributed by atoms with van der Waals surface area (Å²) >= 11 is 2.16. The summed E-state index contributed by atoms with van der Waals surface area (Å²) in [5, 5.41) is 17.8. The average molecular weight is 309 g/mol. The smallest absolute Gasteiger partial charge is 0.320 e. The molecule has 78 valence electrons. The van der Waals surface area contributed by atoms with Gasteiger partial charge in [-0.25, -0.2) is 0 Å². The first-order valence-corrected chi connectivity index (χ1v) is 5.26. The number of carboxylic acid groups (broad SMARTS) is 1. The third-order valence-electron chi connectivity index (χ3n) is 2.08. The van der Waals surface area contributed by atoms with Crippen LogP contribution in [-0.2, 0) is 4.79 Å². The van der Waals surface area contributed by atoms with E-state index in [9.17, 15) is 4.79 Å². The average Bonchev–Trinajstić information content (AvgIpc) is 2.10. The maximum Gasteiger partial charge on any atom is 0.320 e. The Balaban J connectivity index is 2.61. The SMILES string of the molecule is NC(CC1(I)C=CC(O)=CC1)C(=O)O. The van der Waals surface area contributed by atoms with Crippen LogP contribution in [0.3, 0.4) is 0 Å². The molecule has 0 saturated heterocycles. The highest BCUT2D eigenvalue weighted by atomic mass is 127. The van der Waals surface area contributed by atoms with E-state index in [2.05, 4.69) is 22.6 Å². The molecule has 0 radical (unpaired) electrons. The number of carboxylic acids is 1. The van der Waals surface area contributed by atoms with E-state index in [0.29, 0.717) is 12.8 Å². The molecule has 1 aliphatic rings. The van der Waals surface area contributed by atoms with E-state index < -0.39 is 12.0 Å². The van der Waals surface area contributed by atoms with Gasteiger partial charge in [-0.15, -0.1) is 0 Å². The maximum atomic E-state index is 10.6. The molecule has 0 fully saturated rings. The van der Waals surface area contributed by atoms with Crippen molar-refractivity contribution in [1.29, 1.82) is 0 Å². The van der Waals surface area contributed by atoms with Gasteiger partial charge in [0.15, 0.2) is 0 Å². The van der Waals surface area contributed by atoms with Gasteiger partial charge in [-0.1, -0.05) is 28.7 Å². The number of rotatable bonds is 3. The monoisotopic (exact) mass is 309 g/mol. The Hall–Kier alpha value is -0.560. The molecule has 2 atom stereocenters. The first kappa shape index (κ1) is 11.5. The van der Waals surface area contributed by atoms with E-state index >= 15 is 0 Å². The van der Waals surface area contributed by atoms with Crippen molar-refractivity contribution < 1.29 is 15.0 Å². The molecule has 4 N–H and O–H groups in total. The van der Waals surface area contributed by atoms with Gasteiger partial charge in [-0.3, -0.25) is 4.79 Å². The molecule has 0 amide bonds. The summed E-state index contributed by atoms with van der Waals surface area (Å²) < 4.78 is -0.290. The van der Waals surface area contributed by atoms with E-state index in [1.54, 1.807) is 18.2 Å². The van der Waals surface area contributed by atoms with E-state index in [-0.39, 0.29) is 9.18 Å². The first-order chi connectivity index (χ1) is 6.43. The molecule has 14 heavy (non-hydrogen) atoms. The number of aliphatic hydroxyl groups excluding tert-OH is 1. The summed E-state index contributed by atoms with van der Waals surface area (Å²) in [5.74, 6) is -0.769. The van der Waals surface area contributed by atoms with Gasteiger partial charge < -0.3 is 15.9 Å². The van der Waals surface area contributed by atoms with Crippen molar-refractivity contribution in [1.82, 2.24) is 0 Å². The Morgan fingerprint density at radius 1 is 1.79 bits per heavy atom. The zero-order valence-corrected chi connectivity index (χ0v) is 9.64. The van der Waals surface area contributed by atoms with Gasteiger partial charge in [0.25, 0.3) is 0 Å². The van der Waals surface area contributed by atoms with Crippen molar-refractivity contribution in [3.63, 3.8) is 0 Å². The summed E-state index contributed by atoms with van der Waals surface area (Å²) in [7, 11) is 0. The third kappa shape index (κ3) is 2.98. The minimum atomic E-state index is -0.992. The van der Waals surface area contributed by atoms with Gasteiger partial charge >= 0.3 is 5.97 Å². The lowest BCUT2D eigenvalue weighted by Gasteiger charge is -2.26. The molecule has 0 aromatic carbocycles. The minimum Gasteiger partial charge on any atom is -0.508 e. The maximum absolute atomic E-state index is 10.6. The zero-order valence-electron chi connectivity index (χ0n) is 7.48. The molecular formula is C9H12INO3. The largest absolute Gasteiger partial charge is 0.508 e. The highest BCUT2D eigenvalue weighted by Crippen LogP contribution is 2.34. The molecular weight excluding hydrogens is 297 g/mol. The molecule has 0 aliphatic heterocycles. The van der Waals surface area contributed by atoms with Crippen LogP contribution in [0.4, 0.5) is 0 Å². The van der Waals surface area contributed by atoms with Crippen LogP contribution in [0.15, 0.2) is 24.0 Å². The fourth-order valence-electron chi connectivity index (χ4n) is 1.25. The molecule has 1 rings (SSSR count). The second-order valence-electron chi connectivity index (χ2n) is 3.35. The van der Waals surface area contributed by atoms with Crippen LogP contribution in [0.1, 0.15) is 12.8 Å². The molecule has 0 spiro atoms. The van der Waals surface area contributed by atoms with Gasteiger partial charge in [0.05, 0.1) is 0 Å². The molecule has 2 unspecified atom stereocenters. The van der Waals surface area contributed by atoms with Gasteiger partial charge in [0.1, 0.15) is 11.8 Å². The lowest BCUT2D eigenvalue weighted by molar-refractivity contribution is -0.138. The highest BCUT2D eigenvalue weighted by Gasteiger charge is 2.29. The lowest BCUT2D eigenvalue weighted by atomic mass is 9.93. The summed E-state index contributed by atoms with van der Waals surface area (Å²) in [4.78, 5) is 10.6. The molecule has 5 heteroatoms. The summed E-state index contributed by atoms with van der Waals surface area (Å²) in [6.07, 6.45) is 6.01. The molecule has 4 nitrogen and oxygen atoms in total. The van der Waals surface area contributed by atoms with Crippen molar-refractivity contribution in [3.05, 3.63) is 24.0 Å². The Labute approximate surface area is 95.6 Å². The lowest BCUT2D eigenvalue weighted by Crippen LogP contribution is -2.37. The van der Waals surface area contributed by atoms with Crippen molar-refractivity contribution in [3.8, 4) is 0 Å². The van der Waals surface area contributed by atoms with Gasteiger partial charge in [-0.2, -0.15) is 0 Å². The van der Waals surface area contributed by atoms with Crippen molar-refractivity contribution in [2.45, 2.75) is 22.3 Å². The number of hydrogen-bond acceptors (Lipinski definition) is 3. The zero-order chi connectivity index (χ0) is 10.8. The highest BCUT2D eigenvalue weighted by molar-refractivity contribution is 14.1. The number of alkyl halides is 1. The third-order valence-corrected chi connectivity index (χ3v) is 3.32. The summed E-state index contributed by atoms with van der Waals surface area (Å²) in [6.45, 7) is 0. The van der Waals surface area contributed by atoms with Crippen molar-refractivity contribution in [2.75, 3.05) is 0 Å². The molecule has 0 saturated carbocycles. The summed E-state index contributed by atoms with van der Waals surface area (Å²) in [6, 6.07) is -0.856. The number of aliphatic carboxylic acids is 1. The molecule has 1 aliphatic carbocycles. The second kappa shape index (κ2) is 4.31. The van der Waals surface area contributed by atoms with Gasteiger partial charge in [0.2, 0.25) is 0 Å². The number of carbonyl (C=O) groups is 1. The number of hydrogen-bond donors (Lipinski definition) is 3. The molecule has 0 aromatic heterocycles. The Kier molecular flexibility index (Phi) is 3.54. The van der Waals surface area contributed by atoms with Crippen LogP contribution >= 0.6 is 22.6 Å². The minimum absolute atomic E-state index is 0.223. The van der Waals surface area contributed by atoms with Crippen LogP contribution in [0.25, 0.3) is 0 Å². The number of nitrogens with two attached hydrogens (primary N) is 1. The molecule has 0 bridgehead atoms. The van der Waals surface area contributed by atoms with Crippen LogP contribution in [0.5, 0.6) is 0 Å². The van der Waals surface area contributed by atoms with Crippen molar-refractivity contribution >= 4 is 28.6 Å². The van der Waals surface area contributed by atoms with Crippen LogP contribution < -0.4 is 5.73 Å². The van der Waals surface area contributed by atoms with E-state index in [1.807, 2.05) is 0 Å². The molecule has 0 heterocycles. The standard InChI is InChI=1S/C9H12INO3/c10-9(5-7(11)8(13)14)3-1-6(12)2-4-9/h1-3,7,12H,4-5,11H2,(H,13,14). The van der Waals surface area contributed by atoms with Crippen molar-refractivity contribution in [2.24, 2.45) is 5.73 Å². The Morgan fingerprint density at radius 2 is 2.43 bits per heavy atom. The Bertz CT molecular complexity index is 300. The fourth-order valence-corrected chi connectivity index (χ4v) is 2.12.